The summed E-state index contributed by atoms with van der Waals surface area (Å²) in [5.74, 6) is 0. The van der Waals surface area contributed by atoms with E-state index in [0.717, 1.165) is 11.1 Å². The molecule has 0 nitrogen and oxygen atoms in total. The lowest BCUT2D eigenvalue weighted by Gasteiger charge is -2.30. The molecule has 2 radical (unpaired) electrons. The van der Waals surface area contributed by atoms with Gasteiger partial charge in [0.1, 0.15) is 4.32 Å². The summed E-state index contributed by atoms with van der Waals surface area (Å²) < 4.78 is -0.379. The smallest absolute Gasteiger partial charge is 0.0696 e. The van der Waals surface area contributed by atoms with Crippen molar-refractivity contribution in [1.29, 1.82) is 0 Å². The van der Waals surface area contributed by atoms with E-state index in [1.54, 1.807) is 0 Å². The van der Waals surface area contributed by atoms with Crippen LogP contribution in [0.15, 0.2) is 78.9 Å². The van der Waals surface area contributed by atoms with Gasteiger partial charge in [-0.1, -0.05) is 94.8 Å². The number of alkyl halides is 1. The lowest BCUT2D eigenvalue weighted by molar-refractivity contribution is 0.916. The third-order valence-electron chi connectivity index (χ3n) is 3.88. The predicted octanol–water partition coefficient (Wildman–Crippen LogP) is 5.74. The minimum atomic E-state index is -0.379. The molecule has 3 aromatic carbocycles. The molecule has 0 saturated heterocycles. The molecule has 0 fully saturated rings. The van der Waals surface area contributed by atoms with Crippen molar-refractivity contribution >= 4 is 15.9 Å². The molecule has 0 heterocycles. The van der Waals surface area contributed by atoms with Crippen LogP contribution in [0.25, 0.3) is 0 Å². The van der Waals surface area contributed by atoms with Crippen molar-refractivity contribution in [3.8, 4) is 0 Å². The van der Waals surface area contributed by atoms with Crippen LogP contribution in [0.3, 0.4) is 0 Å². The first-order valence-electron chi connectivity index (χ1n) is 7.20. The van der Waals surface area contributed by atoms with Crippen LogP contribution in [0.2, 0.25) is 0 Å². The summed E-state index contributed by atoms with van der Waals surface area (Å²) in [5, 5.41) is 0. The van der Waals surface area contributed by atoms with Gasteiger partial charge in [0.25, 0.3) is 0 Å². The third-order valence-corrected chi connectivity index (χ3v) is 5.25. The van der Waals surface area contributed by atoms with Gasteiger partial charge in [0.15, 0.2) is 0 Å². The molecule has 3 rings (SSSR count). The fraction of sp³-hybridized carbons (Fsp3) is 0.0476. The van der Waals surface area contributed by atoms with Crippen LogP contribution >= 0.6 is 15.9 Å². The van der Waals surface area contributed by atoms with Crippen molar-refractivity contribution in [1.82, 2.24) is 0 Å². The quantitative estimate of drug-likeness (QED) is 0.418. The molecule has 3 aromatic rings. The lowest BCUT2D eigenvalue weighted by atomic mass is 9.84. The van der Waals surface area contributed by atoms with Crippen molar-refractivity contribution in [2.45, 2.75) is 4.32 Å². The van der Waals surface area contributed by atoms with E-state index in [2.05, 4.69) is 78.3 Å². The number of hydrogen-bond donors (Lipinski definition) is 0. The van der Waals surface area contributed by atoms with Gasteiger partial charge in [-0.15, -0.1) is 0 Å². The third kappa shape index (κ3) is 2.74. The van der Waals surface area contributed by atoms with Crippen LogP contribution in [-0.4, -0.2) is 0 Å². The molecule has 0 bridgehead atoms. The van der Waals surface area contributed by atoms with Gasteiger partial charge in [0.2, 0.25) is 0 Å². The summed E-state index contributed by atoms with van der Waals surface area (Å²) in [4.78, 5) is 0. The minimum Gasteiger partial charge on any atom is -0.0696 e. The van der Waals surface area contributed by atoms with Gasteiger partial charge < -0.3 is 0 Å². The highest BCUT2D eigenvalue weighted by Gasteiger charge is 2.33. The molecule has 0 aliphatic carbocycles. The van der Waals surface area contributed by atoms with Crippen molar-refractivity contribution in [2.75, 3.05) is 0 Å². The van der Waals surface area contributed by atoms with E-state index in [1.165, 1.54) is 16.7 Å². The Hall–Kier alpha value is -1.86. The summed E-state index contributed by atoms with van der Waals surface area (Å²) in [6, 6.07) is 27.1. The molecule has 1 heteroatoms. The zero-order valence-corrected chi connectivity index (χ0v) is 13.9. The molecule has 0 saturated carbocycles. The first-order chi connectivity index (χ1) is 10.6. The summed E-state index contributed by atoms with van der Waals surface area (Å²) in [7, 11) is 0. The Morgan fingerprint density at radius 2 is 0.909 bits per heavy atom. The first kappa shape index (κ1) is 15.1. The summed E-state index contributed by atoms with van der Waals surface area (Å²) in [5.41, 5.74) is 5.59. The highest BCUT2D eigenvalue weighted by molar-refractivity contribution is 9.10. The standard InChI is InChI=1S/C21H17Br/c1-16-8-12-19(13-9-16)21(22,18-6-4-3-5-7-18)20-14-10-17(2)11-15-20/h3-15H,1-2H2. The molecule has 0 N–H and O–H groups in total. The van der Waals surface area contributed by atoms with Gasteiger partial charge in [0, 0.05) is 0 Å². The van der Waals surface area contributed by atoms with Crippen LogP contribution in [0.4, 0.5) is 0 Å². The first-order valence-corrected chi connectivity index (χ1v) is 7.99. The molecule has 22 heavy (non-hydrogen) atoms. The van der Waals surface area contributed by atoms with Crippen LogP contribution in [0, 0.1) is 13.8 Å². The van der Waals surface area contributed by atoms with E-state index in [0.29, 0.717) is 0 Å². The molecule has 0 amide bonds. The molecule has 108 valence electrons. The van der Waals surface area contributed by atoms with Crippen LogP contribution in [0.5, 0.6) is 0 Å². The van der Waals surface area contributed by atoms with E-state index in [4.69, 9.17) is 0 Å². The molecular weight excluding hydrogens is 332 g/mol. The van der Waals surface area contributed by atoms with E-state index in [9.17, 15) is 0 Å². The number of halogens is 1. The second kappa shape index (κ2) is 6.10. The van der Waals surface area contributed by atoms with E-state index < -0.39 is 0 Å². The number of hydrogen-bond acceptors (Lipinski definition) is 0. The Bertz CT molecular complexity index is 695. The monoisotopic (exact) mass is 348 g/mol. The van der Waals surface area contributed by atoms with Gasteiger partial charge in [-0.2, -0.15) is 0 Å². The summed E-state index contributed by atoms with van der Waals surface area (Å²) >= 11 is 4.02. The Balaban J connectivity index is 2.22. The van der Waals surface area contributed by atoms with Crippen molar-refractivity contribution in [3.63, 3.8) is 0 Å². The fourth-order valence-corrected chi connectivity index (χ4v) is 3.43. The number of rotatable bonds is 3. The zero-order chi connectivity index (χ0) is 15.6. The molecular formula is C21H17Br. The van der Waals surface area contributed by atoms with Gasteiger partial charge in [-0.3, -0.25) is 0 Å². The maximum absolute atomic E-state index is 4.02. The minimum absolute atomic E-state index is 0.379. The topological polar surface area (TPSA) is 0 Å². The maximum Gasteiger partial charge on any atom is 0.100 e. The van der Waals surface area contributed by atoms with Crippen molar-refractivity contribution in [3.05, 3.63) is 121 Å². The predicted molar refractivity (Wildman–Crippen MR) is 97.1 cm³/mol. The molecule has 0 spiro atoms. The van der Waals surface area contributed by atoms with Gasteiger partial charge in [0.05, 0.1) is 0 Å². The Morgan fingerprint density at radius 3 is 1.32 bits per heavy atom. The van der Waals surface area contributed by atoms with Crippen LogP contribution in [0.1, 0.15) is 27.8 Å². The van der Waals surface area contributed by atoms with E-state index in [-0.39, 0.29) is 4.32 Å². The summed E-state index contributed by atoms with van der Waals surface area (Å²) in [6.45, 7) is 7.95. The maximum atomic E-state index is 4.02. The second-order valence-corrected chi connectivity index (χ2v) is 6.61. The lowest BCUT2D eigenvalue weighted by Crippen LogP contribution is -2.21. The molecule has 0 aliphatic rings. The summed E-state index contributed by atoms with van der Waals surface area (Å²) in [6.07, 6.45) is 0. The molecule has 0 aliphatic heterocycles. The SMILES string of the molecule is [CH2]c1ccc(C(Br)(c2ccccc2)c2ccc([CH2])cc2)cc1. The van der Waals surface area contributed by atoms with Crippen LogP contribution in [-0.2, 0) is 4.32 Å². The van der Waals surface area contributed by atoms with Gasteiger partial charge in [-0.05, 0) is 41.7 Å². The van der Waals surface area contributed by atoms with Gasteiger partial charge in [-0.25, -0.2) is 0 Å². The normalized spacial score (nSPS) is 11.4. The number of benzene rings is 3. The van der Waals surface area contributed by atoms with Crippen LogP contribution < -0.4 is 0 Å². The van der Waals surface area contributed by atoms with E-state index in [1.807, 2.05) is 30.3 Å². The Morgan fingerprint density at radius 1 is 0.545 bits per heavy atom. The average Bonchev–Trinajstić information content (AvgIpc) is 2.56. The van der Waals surface area contributed by atoms with Crippen molar-refractivity contribution in [2.24, 2.45) is 0 Å². The van der Waals surface area contributed by atoms with Crippen molar-refractivity contribution < 1.29 is 0 Å². The van der Waals surface area contributed by atoms with Gasteiger partial charge >= 0.3 is 0 Å². The Labute approximate surface area is 141 Å². The largest absolute Gasteiger partial charge is 0.100 e. The molecule has 0 unspecified atom stereocenters. The molecule has 0 aromatic heterocycles. The second-order valence-electron chi connectivity index (χ2n) is 5.42. The molecule has 0 atom stereocenters. The van der Waals surface area contributed by atoms with E-state index >= 15 is 0 Å². The Kier molecular flexibility index (Phi) is 4.17. The highest BCUT2D eigenvalue weighted by Crippen LogP contribution is 2.44. The average molecular weight is 349 g/mol. The highest BCUT2D eigenvalue weighted by atomic mass is 79.9. The zero-order valence-electron chi connectivity index (χ0n) is 12.3. The fourth-order valence-electron chi connectivity index (χ4n) is 2.64.